The van der Waals surface area contributed by atoms with Gasteiger partial charge in [-0.25, -0.2) is 12.8 Å². The number of nitrogens with zero attached hydrogens (tertiary/aromatic N) is 2. The molecule has 0 heterocycles. The molecule has 1 N–H and O–H groups in total. The number of ether oxygens (including phenoxy) is 1. The van der Waals surface area contributed by atoms with Gasteiger partial charge in [0.15, 0.2) is 0 Å². The van der Waals surface area contributed by atoms with E-state index in [4.69, 9.17) is 16.3 Å². The second kappa shape index (κ2) is 14.3. The van der Waals surface area contributed by atoms with Gasteiger partial charge in [0.05, 0.1) is 17.2 Å². The summed E-state index contributed by atoms with van der Waals surface area (Å²) < 4.78 is 47.7. The highest BCUT2D eigenvalue weighted by molar-refractivity contribution is 7.92. The Kier molecular flexibility index (Phi) is 11.1. The fraction of sp³-hybridized carbons (Fsp3) is 0.333. The van der Waals surface area contributed by atoms with Crippen molar-refractivity contribution in [3.63, 3.8) is 0 Å². The molecule has 0 spiro atoms. The largest absolute Gasteiger partial charge is 0.494 e. The molecule has 2 unspecified atom stereocenters. The van der Waals surface area contributed by atoms with E-state index in [0.717, 1.165) is 28.6 Å². The average Bonchev–Trinajstić information content (AvgIpc) is 2.95. The van der Waals surface area contributed by atoms with Crippen LogP contribution >= 0.6 is 11.6 Å². The second-order valence-corrected chi connectivity index (χ2v) is 11.8. The van der Waals surface area contributed by atoms with Gasteiger partial charge in [0.2, 0.25) is 11.8 Å². The summed E-state index contributed by atoms with van der Waals surface area (Å²) in [5.41, 5.74) is 0.869. The first-order valence-electron chi connectivity index (χ1n) is 13.3. The molecule has 0 aliphatic carbocycles. The molecule has 3 aromatic carbocycles. The summed E-state index contributed by atoms with van der Waals surface area (Å²) in [6.07, 6.45) is 0.697. The van der Waals surface area contributed by atoms with E-state index < -0.39 is 34.3 Å². The number of sulfonamides is 1. The minimum absolute atomic E-state index is 0.0161. The Bertz CT molecular complexity index is 1440. The lowest BCUT2D eigenvalue weighted by molar-refractivity contribution is -0.139. The van der Waals surface area contributed by atoms with Crippen molar-refractivity contribution >= 4 is 39.1 Å². The number of amides is 2. The fourth-order valence-corrected chi connectivity index (χ4v) is 5.65. The molecule has 0 saturated heterocycles. The van der Waals surface area contributed by atoms with Crippen molar-refractivity contribution in [2.45, 2.75) is 57.6 Å². The van der Waals surface area contributed by atoms with Gasteiger partial charge in [0.1, 0.15) is 24.2 Å². The van der Waals surface area contributed by atoms with Crippen LogP contribution in [0.3, 0.4) is 0 Å². The third-order valence-electron chi connectivity index (χ3n) is 6.53. The number of nitrogens with one attached hydrogen (secondary N) is 1. The molecular formula is C30H35ClFN3O5S. The summed E-state index contributed by atoms with van der Waals surface area (Å²) in [4.78, 5) is 28.2. The topological polar surface area (TPSA) is 96.0 Å². The normalized spacial score (nSPS) is 12.7. The maximum Gasteiger partial charge on any atom is 0.264 e. The summed E-state index contributed by atoms with van der Waals surface area (Å²) in [5, 5.41) is 3.35. The molecule has 2 atom stereocenters. The minimum Gasteiger partial charge on any atom is -0.494 e. The van der Waals surface area contributed by atoms with Gasteiger partial charge in [0, 0.05) is 17.6 Å². The Morgan fingerprint density at radius 1 is 1.00 bits per heavy atom. The lowest BCUT2D eigenvalue weighted by Crippen LogP contribution is -2.52. The Labute approximate surface area is 246 Å². The highest BCUT2D eigenvalue weighted by atomic mass is 35.5. The first kappa shape index (κ1) is 31.9. The van der Waals surface area contributed by atoms with Gasteiger partial charge in [0.25, 0.3) is 10.0 Å². The van der Waals surface area contributed by atoms with Crippen LogP contribution in [0.5, 0.6) is 5.75 Å². The molecule has 41 heavy (non-hydrogen) atoms. The van der Waals surface area contributed by atoms with E-state index in [2.05, 4.69) is 5.32 Å². The number of rotatable bonds is 13. The van der Waals surface area contributed by atoms with Crippen LogP contribution in [0.1, 0.15) is 39.7 Å². The van der Waals surface area contributed by atoms with Crippen molar-refractivity contribution in [3.8, 4) is 5.75 Å². The van der Waals surface area contributed by atoms with E-state index in [9.17, 15) is 22.4 Å². The summed E-state index contributed by atoms with van der Waals surface area (Å²) in [6, 6.07) is 16.4. The Balaban J connectivity index is 2.03. The van der Waals surface area contributed by atoms with Gasteiger partial charge < -0.3 is 15.0 Å². The first-order valence-corrected chi connectivity index (χ1v) is 15.1. The standard InChI is InChI=1S/C30H35ClFN3O5S/c1-5-21(3)33-30(37)22(4)34(19-23-8-7-9-24(31)18-23)29(36)20-35(26-12-14-27(15-13-26)40-6-2)41(38,39)28-16-10-25(32)11-17-28/h7-18,21-22H,5-6,19-20H2,1-4H3,(H,33,37). The molecule has 0 aliphatic rings. The maximum atomic E-state index is 13.9. The SMILES string of the molecule is CCOc1ccc(N(CC(=O)N(Cc2cccc(Cl)c2)C(C)C(=O)NC(C)CC)S(=O)(=O)c2ccc(F)cc2)cc1. The van der Waals surface area contributed by atoms with Gasteiger partial charge in [-0.15, -0.1) is 0 Å². The molecule has 2 amide bonds. The Morgan fingerprint density at radius 3 is 2.24 bits per heavy atom. The zero-order valence-corrected chi connectivity index (χ0v) is 25.1. The molecule has 11 heteroatoms. The molecule has 0 aromatic heterocycles. The molecule has 0 saturated carbocycles. The number of carbonyl (C=O) groups is 2. The van der Waals surface area contributed by atoms with E-state index in [1.54, 1.807) is 43.3 Å². The molecule has 0 bridgehead atoms. The zero-order chi connectivity index (χ0) is 30.2. The zero-order valence-electron chi connectivity index (χ0n) is 23.5. The van der Waals surface area contributed by atoms with Crippen LogP contribution in [0, 0.1) is 5.82 Å². The molecule has 3 aromatic rings. The van der Waals surface area contributed by atoms with Crippen LogP contribution in [0.15, 0.2) is 77.7 Å². The van der Waals surface area contributed by atoms with Crippen LogP contribution in [0.25, 0.3) is 0 Å². The van der Waals surface area contributed by atoms with E-state index in [1.807, 2.05) is 20.8 Å². The summed E-state index contributed by atoms with van der Waals surface area (Å²) >= 11 is 6.17. The van der Waals surface area contributed by atoms with Gasteiger partial charge >= 0.3 is 0 Å². The lowest BCUT2D eigenvalue weighted by atomic mass is 10.1. The number of hydrogen-bond donors (Lipinski definition) is 1. The highest BCUT2D eigenvalue weighted by Crippen LogP contribution is 2.27. The van der Waals surface area contributed by atoms with Crippen molar-refractivity contribution in [2.75, 3.05) is 17.5 Å². The van der Waals surface area contributed by atoms with E-state index >= 15 is 0 Å². The second-order valence-electron chi connectivity index (χ2n) is 9.54. The smallest absolute Gasteiger partial charge is 0.264 e. The first-order chi connectivity index (χ1) is 19.5. The quantitative estimate of drug-likeness (QED) is 0.282. The summed E-state index contributed by atoms with van der Waals surface area (Å²) in [6.45, 7) is 7.03. The van der Waals surface area contributed by atoms with Gasteiger partial charge in [-0.1, -0.05) is 30.7 Å². The van der Waals surface area contributed by atoms with Crippen molar-refractivity contribution in [3.05, 3.63) is 89.2 Å². The number of carbonyl (C=O) groups excluding carboxylic acids is 2. The third-order valence-corrected chi connectivity index (χ3v) is 8.55. The van der Waals surface area contributed by atoms with Crippen LogP contribution < -0.4 is 14.4 Å². The summed E-state index contributed by atoms with van der Waals surface area (Å²) in [7, 11) is -4.32. The van der Waals surface area contributed by atoms with Gasteiger partial charge in [-0.05, 0) is 93.4 Å². The maximum absolute atomic E-state index is 13.9. The number of hydrogen-bond acceptors (Lipinski definition) is 5. The van der Waals surface area contributed by atoms with Crippen molar-refractivity contribution in [1.29, 1.82) is 0 Å². The van der Waals surface area contributed by atoms with Crippen LogP contribution in [-0.2, 0) is 26.2 Å². The monoisotopic (exact) mass is 603 g/mol. The fourth-order valence-electron chi connectivity index (χ4n) is 4.02. The summed E-state index contributed by atoms with van der Waals surface area (Å²) in [5.74, 6) is -1.05. The van der Waals surface area contributed by atoms with E-state index in [0.29, 0.717) is 29.4 Å². The van der Waals surface area contributed by atoms with Crippen LogP contribution in [0.4, 0.5) is 10.1 Å². The van der Waals surface area contributed by atoms with Gasteiger partial charge in [-0.2, -0.15) is 0 Å². The molecule has 8 nitrogen and oxygen atoms in total. The molecule has 220 valence electrons. The number of benzene rings is 3. The van der Waals surface area contributed by atoms with Crippen molar-refractivity contribution < 1.29 is 27.1 Å². The molecular weight excluding hydrogens is 569 g/mol. The van der Waals surface area contributed by atoms with Crippen molar-refractivity contribution in [1.82, 2.24) is 10.2 Å². The molecule has 3 rings (SSSR count). The van der Waals surface area contributed by atoms with Crippen LogP contribution in [-0.4, -0.2) is 50.4 Å². The number of anilines is 1. The minimum atomic E-state index is -4.32. The Hall–Kier alpha value is -3.63. The average molecular weight is 604 g/mol. The van der Waals surface area contributed by atoms with Crippen molar-refractivity contribution in [2.24, 2.45) is 0 Å². The molecule has 0 aliphatic heterocycles. The van der Waals surface area contributed by atoms with Crippen LogP contribution in [0.2, 0.25) is 5.02 Å². The van der Waals surface area contributed by atoms with E-state index in [-0.39, 0.29) is 29.1 Å². The third kappa shape index (κ3) is 8.43. The van der Waals surface area contributed by atoms with E-state index in [1.165, 1.54) is 17.0 Å². The predicted molar refractivity (Wildman–Crippen MR) is 158 cm³/mol. The highest BCUT2D eigenvalue weighted by Gasteiger charge is 2.33. The molecule has 0 radical (unpaired) electrons. The van der Waals surface area contributed by atoms with Gasteiger partial charge in [-0.3, -0.25) is 13.9 Å². The molecule has 0 fully saturated rings. The Morgan fingerprint density at radius 2 is 1.66 bits per heavy atom. The number of halogens is 2. The lowest BCUT2D eigenvalue weighted by Gasteiger charge is -2.32. The predicted octanol–water partition coefficient (Wildman–Crippen LogP) is 5.41.